The summed E-state index contributed by atoms with van der Waals surface area (Å²) in [6.07, 6.45) is 1.14. The van der Waals surface area contributed by atoms with Crippen LogP contribution in [0.1, 0.15) is 17.3 Å². The molecule has 0 amide bonds. The van der Waals surface area contributed by atoms with Gasteiger partial charge in [-0.1, -0.05) is 84.9 Å². The molecule has 0 unspecified atom stereocenters. The molecular formula is C27H25O2P. The first-order valence-corrected chi connectivity index (χ1v) is 12.0. The van der Waals surface area contributed by atoms with E-state index in [9.17, 15) is 9.90 Å². The Morgan fingerprint density at radius 2 is 0.900 bits per heavy atom. The Morgan fingerprint density at radius 1 is 0.600 bits per heavy atom. The molecule has 0 atom stereocenters. The predicted molar refractivity (Wildman–Crippen MR) is 126 cm³/mol. The van der Waals surface area contributed by atoms with Gasteiger partial charge in [-0.25, -0.2) is 0 Å². The third-order valence-electron chi connectivity index (χ3n) is 5.07. The van der Waals surface area contributed by atoms with Gasteiger partial charge >= 0.3 is 0 Å². The Bertz CT molecular complexity index is 937. The number of carboxylic acid groups (broad SMARTS) is 1. The first kappa shape index (κ1) is 21.5. The van der Waals surface area contributed by atoms with Crippen molar-refractivity contribution in [1.82, 2.24) is 0 Å². The molecule has 0 N–H and O–H groups in total. The van der Waals surface area contributed by atoms with Gasteiger partial charge in [-0.05, 0) is 48.9 Å². The highest BCUT2D eigenvalue weighted by Gasteiger charge is 2.43. The Balaban J connectivity index is 0.000000239. The molecule has 0 aliphatic heterocycles. The van der Waals surface area contributed by atoms with Crippen molar-refractivity contribution in [3.63, 3.8) is 0 Å². The van der Waals surface area contributed by atoms with Crippen molar-refractivity contribution in [1.29, 1.82) is 0 Å². The molecule has 2 nitrogen and oxygen atoms in total. The van der Waals surface area contributed by atoms with Crippen LogP contribution in [0.3, 0.4) is 0 Å². The zero-order valence-corrected chi connectivity index (χ0v) is 17.9. The molecule has 4 rings (SSSR count). The molecule has 150 valence electrons. The van der Waals surface area contributed by atoms with Crippen molar-refractivity contribution in [2.75, 3.05) is 6.16 Å². The Morgan fingerprint density at radius 3 is 1.13 bits per heavy atom. The number of carboxylic acids is 1. The van der Waals surface area contributed by atoms with Crippen molar-refractivity contribution in [3.05, 3.63) is 127 Å². The molecule has 3 heteroatoms. The number of rotatable bonds is 5. The van der Waals surface area contributed by atoms with Gasteiger partial charge in [0.25, 0.3) is 0 Å². The zero-order valence-electron chi connectivity index (χ0n) is 17.0. The molecule has 0 spiro atoms. The fraction of sp³-hybridized carbons (Fsp3) is 0.0741. The highest BCUT2D eigenvalue weighted by molar-refractivity contribution is 7.95. The van der Waals surface area contributed by atoms with Crippen LogP contribution in [0.25, 0.3) is 0 Å². The summed E-state index contributed by atoms with van der Waals surface area (Å²) >= 11 is 0. The molecule has 4 aromatic carbocycles. The van der Waals surface area contributed by atoms with Gasteiger partial charge in [0.05, 0.1) is 12.1 Å². The van der Waals surface area contributed by atoms with Crippen molar-refractivity contribution in [2.24, 2.45) is 0 Å². The van der Waals surface area contributed by atoms with E-state index < -0.39 is 13.2 Å². The third kappa shape index (κ3) is 4.84. The molecule has 30 heavy (non-hydrogen) atoms. The smallest absolute Gasteiger partial charge is 0.111 e. The van der Waals surface area contributed by atoms with Gasteiger partial charge < -0.3 is 9.90 Å². The molecule has 0 saturated carbocycles. The first-order chi connectivity index (χ1) is 14.7. The summed E-state index contributed by atoms with van der Waals surface area (Å²) in [5.74, 6) is -1.13. The largest absolute Gasteiger partial charge is 0.545 e. The second-order valence-corrected chi connectivity index (χ2v) is 10.6. The second kappa shape index (κ2) is 10.5. The van der Waals surface area contributed by atoms with Crippen LogP contribution in [0, 0.1) is 0 Å². The van der Waals surface area contributed by atoms with Gasteiger partial charge in [-0.15, -0.1) is 0 Å². The van der Waals surface area contributed by atoms with Gasteiger partial charge in [0.15, 0.2) is 0 Å². The van der Waals surface area contributed by atoms with E-state index in [0.717, 1.165) is 6.16 Å². The van der Waals surface area contributed by atoms with Crippen molar-refractivity contribution in [2.45, 2.75) is 6.92 Å². The average molecular weight is 412 g/mol. The molecule has 0 aromatic heterocycles. The summed E-state index contributed by atoms with van der Waals surface area (Å²) in [7, 11) is -1.53. The van der Waals surface area contributed by atoms with Crippen molar-refractivity contribution >= 4 is 29.1 Å². The molecule has 4 aromatic rings. The summed E-state index contributed by atoms with van der Waals surface area (Å²) < 4.78 is 0. The van der Waals surface area contributed by atoms with Crippen LogP contribution < -0.4 is 21.0 Å². The minimum atomic E-state index is -1.53. The van der Waals surface area contributed by atoms with Gasteiger partial charge in [0.1, 0.15) is 23.2 Å². The van der Waals surface area contributed by atoms with E-state index in [1.165, 1.54) is 28.0 Å². The van der Waals surface area contributed by atoms with Crippen LogP contribution in [-0.2, 0) is 0 Å². The number of benzene rings is 4. The lowest BCUT2D eigenvalue weighted by Crippen LogP contribution is -2.32. The minimum absolute atomic E-state index is 0.220. The van der Waals surface area contributed by atoms with Gasteiger partial charge in [0, 0.05) is 0 Å². The first-order valence-electron chi connectivity index (χ1n) is 10.00. The summed E-state index contributed by atoms with van der Waals surface area (Å²) in [5.41, 5.74) is 0.220. The molecule has 0 heterocycles. The molecule has 0 aliphatic rings. The molecule has 0 aliphatic carbocycles. The number of hydrogen-bond donors (Lipinski definition) is 0. The Hall–Kier alpha value is -3.22. The van der Waals surface area contributed by atoms with Crippen LogP contribution in [0.4, 0.5) is 0 Å². The van der Waals surface area contributed by atoms with E-state index >= 15 is 0 Å². The van der Waals surface area contributed by atoms with E-state index in [0.29, 0.717) is 0 Å². The zero-order chi connectivity index (χ0) is 21.2. The lowest BCUT2D eigenvalue weighted by molar-refractivity contribution is -0.255. The lowest BCUT2D eigenvalue weighted by atomic mass is 10.2. The Labute approximate surface area is 179 Å². The highest BCUT2D eigenvalue weighted by Crippen LogP contribution is 2.54. The summed E-state index contributed by atoms with van der Waals surface area (Å²) in [5, 5.41) is 14.5. The molecule has 0 fully saturated rings. The number of carbonyl (C=O) groups is 1. The van der Waals surface area contributed by atoms with Crippen LogP contribution in [0.15, 0.2) is 121 Å². The summed E-state index contributed by atoms with van der Waals surface area (Å²) in [6, 6.07) is 41.0. The SMILES string of the molecule is CC[P+](c1ccccc1)(c1ccccc1)c1ccccc1.O=C([O-])c1ccccc1. The van der Waals surface area contributed by atoms with E-state index in [4.69, 9.17) is 0 Å². The number of hydrogen-bond acceptors (Lipinski definition) is 2. The monoisotopic (exact) mass is 412 g/mol. The molecular weight excluding hydrogens is 387 g/mol. The summed E-state index contributed by atoms with van der Waals surface area (Å²) in [6.45, 7) is 2.32. The predicted octanol–water partition coefficient (Wildman–Crippen LogP) is 4.05. The van der Waals surface area contributed by atoms with E-state index in [1.807, 2.05) is 0 Å². The maximum atomic E-state index is 10.1. The lowest BCUT2D eigenvalue weighted by Gasteiger charge is -2.26. The summed E-state index contributed by atoms with van der Waals surface area (Å²) in [4.78, 5) is 10.1. The molecule has 0 radical (unpaired) electrons. The Kier molecular flexibility index (Phi) is 7.54. The molecule has 0 bridgehead atoms. The number of aromatic carboxylic acids is 1. The van der Waals surface area contributed by atoms with Gasteiger partial charge in [-0.3, -0.25) is 0 Å². The fourth-order valence-corrected chi connectivity index (χ4v) is 7.65. The minimum Gasteiger partial charge on any atom is -0.545 e. The van der Waals surface area contributed by atoms with Crippen LogP contribution in [0.2, 0.25) is 0 Å². The normalized spacial score (nSPS) is 10.6. The topological polar surface area (TPSA) is 40.1 Å². The fourth-order valence-electron chi connectivity index (χ4n) is 3.62. The van der Waals surface area contributed by atoms with E-state index in [1.54, 1.807) is 18.2 Å². The quantitative estimate of drug-likeness (QED) is 0.464. The van der Waals surface area contributed by atoms with Crippen LogP contribution in [0.5, 0.6) is 0 Å². The maximum Gasteiger partial charge on any atom is 0.111 e. The van der Waals surface area contributed by atoms with E-state index in [2.05, 4.69) is 97.9 Å². The van der Waals surface area contributed by atoms with Crippen molar-refractivity contribution in [3.8, 4) is 0 Å². The maximum absolute atomic E-state index is 10.1. The van der Waals surface area contributed by atoms with Gasteiger partial charge in [-0.2, -0.15) is 0 Å². The third-order valence-corrected chi connectivity index (χ3v) is 9.56. The average Bonchev–Trinajstić information content (AvgIpc) is 2.83. The molecule has 0 saturated heterocycles. The standard InChI is InChI=1S/C20H20P.C7H6O2/c1-2-21(18-12-6-3-7-13-18,19-14-8-4-9-15-19)20-16-10-5-11-17-20;8-7(9)6-4-2-1-3-5-6/h3-17H,2H2,1H3;1-5H,(H,8,9)/q+1;/p-1. The van der Waals surface area contributed by atoms with Crippen molar-refractivity contribution < 1.29 is 9.90 Å². The van der Waals surface area contributed by atoms with E-state index in [-0.39, 0.29) is 5.56 Å². The highest BCUT2D eigenvalue weighted by atomic mass is 31.2. The van der Waals surface area contributed by atoms with Crippen LogP contribution in [-0.4, -0.2) is 12.1 Å². The second-order valence-electron chi connectivity index (χ2n) is 6.79. The number of carbonyl (C=O) groups excluding carboxylic acids is 1. The van der Waals surface area contributed by atoms with Gasteiger partial charge in [0.2, 0.25) is 0 Å². The van der Waals surface area contributed by atoms with Crippen LogP contribution >= 0.6 is 7.26 Å².